The molecule has 1 aromatic rings. The fourth-order valence-corrected chi connectivity index (χ4v) is 3.02. The monoisotopic (exact) mass is 308 g/mol. The Hall–Kier alpha value is -0.300. The molecular formula is C17H25Br. The molecule has 100 valence electrons. The van der Waals surface area contributed by atoms with Gasteiger partial charge in [-0.25, -0.2) is 0 Å². The van der Waals surface area contributed by atoms with Crippen LogP contribution in [0.3, 0.4) is 0 Å². The highest BCUT2D eigenvalue weighted by Crippen LogP contribution is 2.30. The van der Waals surface area contributed by atoms with Crippen molar-refractivity contribution in [1.82, 2.24) is 0 Å². The van der Waals surface area contributed by atoms with Crippen molar-refractivity contribution in [1.29, 1.82) is 0 Å². The van der Waals surface area contributed by atoms with E-state index in [1.165, 1.54) is 44.1 Å². The standard InChI is InChI=1S/C17H25Br/c1-17(2,3)16(18)9-4-6-13-10-11-14-7-5-8-15(14)12-13/h10-12,16H,4-9H2,1-3H3. The Morgan fingerprint density at radius 2 is 1.89 bits per heavy atom. The highest BCUT2D eigenvalue weighted by molar-refractivity contribution is 9.09. The number of fused-ring (bicyclic) bond motifs is 1. The molecule has 1 aromatic carbocycles. The molecule has 0 radical (unpaired) electrons. The second-order valence-corrected chi connectivity index (χ2v) is 7.79. The molecule has 1 atom stereocenters. The van der Waals surface area contributed by atoms with Gasteiger partial charge in [-0.2, -0.15) is 0 Å². The van der Waals surface area contributed by atoms with Crippen LogP contribution in [-0.4, -0.2) is 4.83 Å². The van der Waals surface area contributed by atoms with Crippen molar-refractivity contribution in [2.45, 2.75) is 64.1 Å². The van der Waals surface area contributed by atoms with E-state index in [0.29, 0.717) is 10.2 Å². The van der Waals surface area contributed by atoms with Crippen LogP contribution >= 0.6 is 15.9 Å². The van der Waals surface area contributed by atoms with Crippen LogP contribution < -0.4 is 0 Å². The summed E-state index contributed by atoms with van der Waals surface area (Å²) >= 11 is 3.82. The summed E-state index contributed by atoms with van der Waals surface area (Å²) in [6.07, 6.45) is 7.72. The Balaban J connectivity index is 1.84. The lowest BCUT2D eigenvalue weighted by molar-refractivity contribution is 0.380. The van der Waals surface area contributed by atoms with Crippen molar-refractivity contribution >= 4 is 15.9 Å². The highest BCUT2D eigenvalue weighted by atomic mass is 79.9. The Morgan fingerprint density at radius 1 is 1.17 bits per heavy atom. The highest BCUT2D eigenvalue weighted by Gasteiger charge is 2.21. The van der Waals surface area contributed by atoms with E-state index in [2.05, 4.69) is 54.9 Å². The zero-order chi connectivity index (χ0) is 13.2. The number of benzene rings is 1. The number of rotatable bonds is 4. The zero-order valence-corrected chi connectivity index (χ0v) is 13.5. The van der Waals surface area contributed by atoms with Gasteiger partial charge in [-0.1, -0.05) is 54.9 Å². The van der Waals surface area contributed by atoms with Gasteiger partial charge in [-0.15, -0.1) is 0 Å². The summed E-state index contributed by atoms with van der Waals surface area (Å²) < 4.78 is 0. The van der Waals surface area contributed by atoms with Crippen LogP contribution in [-0.2, 0) is 19.3 Å². The molecule has 1 unspecified atom stereocenters. The van der Waals surface area contributed by atoms with Gasteiger partial charge >= 0.3 is 0 Å². The largest absolute Gasteiger partial charge is 0.0885 e. The minimum Gasteiger partial charge on any atom is -0.0885 e. The minimum atomic E-state index is 0.373. The molecule has 0 saturated carbocycles. The van der Waals surface area contributed by atoms with Crippen molar-refractivity contribution in [2.75, 3.05) is 0 Å². The van der Waals surface area contributed by atoms with Crippen molar-refractivity contribution in [3.63, 3.8) is 0 Å². The average Bonchev–Trinajstić information content (AvgIpc) is 2.74. The third-order valence-corrected chi connectivity index (χ3v) is 5.86. The van der Waals surface area contributed by atoms with Crippen LogP contribution in [0.1, 0.15) is 56.7 Å². The smallest absolute Gasteiger partial charge is 0.0194 e. The summed E-state index contributed by atoms with van der Waals surface area (Å²) in [5, 5.41) is 0. The number of hydrogen-bond donors (Lipinski definition) is 0. The van der Waals surface area contributed by atoms with Gasteiger partial charge in [0.05, 0.1) is 0 Å². The van der Waals surface area contributed by atoms with E-state index in [-0.39, 0.29) is 0 Å². The summed E-state index contributed by atoms with van der Waals surface area (Å²) in [6, 6.07) is 7.14. The molecule has 0 bridgehead atoms. The Morgan fingerprint density at radius 3 is 2.61 bits per heavy atom. The van der Waals surface area contributed by atoms with E-state index in [4.69, 9.17) is 0 Å². The molecular weight excluding hydrogens is 284 g/mol. The van der Waals surface area contributed by atoms with E-state index in [0.717, 1.165) is 0 Å². The number of alkyl halides is 1. The second kappa shape index (κ2) is 5.77. The van der Waals surface area contributed by atoms with Crippen LogP contribution in [0, 0.1) is 5.41 Å². The van der Waals surface area contributed by atoms with E-state index in [1.54, 1.807) is 11.1 Å². The maximum absolute atomic E-state index is 3.82. The molecule has 0 nitrogen and oxygen atoms in total. The molecule has 0 amide bonds. The zero-order valence-electron chi connectivity index (χ0n) is 11.9. The molecule has 0 heterocycles. The van der Waals surface area contributed by atoms with Gasteiger partial charge < -0.3 is 0 Å². The molecule has 2 rings (SSSR count). The fraction of sp³-hybridized carbons (Fsp3) is 0.647. The predicted molar refractivity (Wildman–Crippen MR) is 83.6 cm³/mol. The van der Waals surface area contributed by atoms with Crippen molar-refractivity contribution in [3.8, 4) is 0 Å². The molecule has 0 aromatic heterocycles. The van der Waals surface area contributed by atoms with Gasteiger partial charge in [0.2, 0.25) is 0 Å². The maximum atomic E-state index is 3.82. The molecule has 0 fully saturated rings. The number of aryl methyl sites for hydroxylation is 3. The quantitative estimate of drug-likeness (QED) is 0.661. The summed E-state index contributed by atoms with van der Waals surface area (Å²) in [6.45, 7) is 6.92. The molecule has 0 saturated heterocycles. The lowest BCUT2D eigenvalue weighted by atomic mass is 9.89. The lowest BCUT2D eigenvalue weighted by Crippen LogP contribution is -2.20. The minimum absolute atomic E-state index is 0.373. The molecule has 1 aliphatic rings. The maximum Gasteiger partial charge on any atom is 0.0194 e. The molecule has 1 heteroatoms. The first-order chi connectivity index (χ1) is 8.47. The second-order valence-electron chi connectivity index (χ2n) is 6.68. The van der Waals surface area contributed by atoms with Gasteiger partial charge in [0.1, 0.15) is 0 Å². The van der Waals surface area contributed by atoms with Gasteiger partial charge in [0, 0.05) is 4.83 Å². The van der Waals surface area contributed by atoms with E-state index >= 15 is 0 Å². The summed E-state index contributed by atoms with van der Waals surface area (Å²) in [4.78, 5) is 0.624. The molecule has 0 N–H and O–H groups in total. The normalized spacial score (nSPS) is 16.7. The van der Waals surface area contributed by atoms with Crippen LogP contribution in [0.15, 0.2) is 18.2 Å². The molecule has 0 aliphatic heterocycles. The predicted octanol–water partition coefficient (Wildman–Crippen LogP) is 5.31. The van der Waals surface area contributed by atoms with Crippen molar-refractivity contribution < 1.29 is 0 Å². The lowest BCUT2D eigenvalue weighted by Gasteiger charge is -2.25. The Labute approximate surface area is 120 Å². The Kier molecular flexibility index (Phi) is 4.53. The van der Waals surface area contributed by atoms with Gasteiger partial charge in [0.25, 0.3) is 0 Å². The van der Waals surface area contributed by atoms with Gasteiger partial charge in [-0.05, 0) is 60.6 Å². The van der Waals surface area contributed by atoms with Crippen molar-refractivity contribution in [2.24, 2.45) is 5.41 Å². The summed E-state index contributed by atoms with van der Waals surface area (Å²) in [7, 11) is 0. The number of halogens is 1. The van der Waals surface area contributed by atoms with Crippen LogP contribution in [0.5, 0.6) is 0 Å². The third-order valence-electron chi connectivity index (χ3n) is 4.03. The van der Waals surface area contributed by atoms with E-state index < -0.39 is 0 Å². The van der Waals surface area contributed by atoms with E-state index in [9.17, 15) is 0 Å². The first kappa shape index (κ1) is 14.1. The first-order valence-corrected chi connectivity index (χ1v) is 8.13. The van der Waals surface area contributed by atoms with Crippen LogP contribution in [0.2, 0.25) is 0 Å². The van der Waals surface area contributed by atoms with Crippen LogP contribution in [0.25, 0.3) is 0 Å². The fourth-order valence-electron chi connectivity index (χ4n) is 2.70. The molecule has 18 heavy (non-hydrogen) atoms. The topological polar surface area (TPSA) is 0 Å². The SMILES string of the molecule is CC(C)(C)C(Br)CCCc1ccc2c(c1)CCC2. The van der Waals surface area contributed by atoms with Gasteiger partial charge in [-0.3, -0.25) is 0 Å². The third kappa shape index (κ3) is 3.60. The van der Waals surface area contributed by atoms with Crippen LogP contribution in [0.4, 0.5) is 0 Å². The first-order valence-electron chi connectivity index (χ1n) is 7.21. The molecule has 1 aliphatic carbocycles. The summed E-state index contributed by atoms with van der Waals surface area (Å²) in [5.74, 6) is 0. The Bertz CT molecular complexity index is 401. The molecule has 0 spiro atoms. The van der Waals surface area contributed by atoms with Crippen molar-refractivity contribution in [3.05, 3.63) is 34.9 Å². The van der Waals surface area contributed by atoms with Gasteiger partial charge in [0.15, 0.2) is 0 Å². The van der Waals surface area contributed by atoms with E-state index in [1.807, 2.05) is 0 Å². The average molecular weight is 309 g/mol. The summed E-state index contributed by atoms with van der Waals surface area (Å²) in [5.41, 5.74) is 5.10. The number of hydrogen-bond acceptors (Lipinski definition) is 0.